The highest BCUT2D eigenvalue weighted by molar-refractivity contribution is 7.91. The van der Waals surface area contributed by atoms with E-state index in [1.54, 1.807) is 12.1 Å². The molecule has 2 aromatic carbocycles. The number of hydrogen-bond acceptors (Lipinski definition) is 2. The van der Waals surface area contributed by atoms with Gasteiger partial charge in [0.1, 0.15) is 5.25 Å². The number of rotatable bonds is 4. The van der Waals surface area contributed by atoms with E-state index in [1.165, 1.54) is 0 Å². The summed E-state index contributed by atoms with van der Waals surface area (Å²) in [6, 6.07) is 14.6. The summed E-state index contributed by atoms with van der Waals surface area (Å²) in [6.07, 6.45) is 0. The van der Waals surface area contributed by atoms with Crippen molar-refractivity contribution in [1.29, 1.82) is 0 Å². The largest absolute Gasteiger partial charge is 0.356 e. The maximum Gasteiger partial charge on any atom is 0.190 e. The summed E-state index contributed by atoms with van der Waals surface area (Å²) in [5.41, 5.74) is 6.70. The second-order valence-corrected chi connectivity index (χ2v) is 7.12. The second kappa shape index (κ2) is 5.77. The van der Waals surface area contributed by atoms with E-state index in [0.717, 1.165) is 16.7 Å². The predicted octanol–water partition coefficient (Wildman–Crippen LogP) is 2.06. The van der Waals surface area contributed by atoms with Gasteiger partial charge in [-0.3, -0.25) is 0 Å². The van der Waals surface area contributed by atoms with Crippen LogP contribution >= 0.6 is 0 Å². The standard InChI is InChI=1S/C16H19NO2S/c1-12-7-9-14(10-8-12)20(18,19)16(11-17)15-6-4-3-5-13(15)2/h3-10,16H,11,17H2,1-2H3/p+1/t16-/m1/s1. The van der Waals surface area contributed by atoms with Crippen molar-refractivity contribution in [3.05, 3.63) is 65.2 Å². The van der Waals surface area contributed by atoms with Gasteiger partial charge in [0, 0.05) is 0 Å². The van der Waals surface area contributed by atoms with Gasteiger partial charge < -0.3 is 5.73 Å². The van der Waals surface area contributed by atoms with E-state index < -0.39 is 15.1 Å². The molecule has 20 heavy (non-hydrogen) atoms. The highest BCUT2D eigenvalue weighted by Gasteiger charge is 2.30. The van der Waals surface area contributed by atoms with Crippen LogP contribution in [0.1, 0.15) is 21.9 Å². The number of benzene rings is 2. The maximum atomic E-state index is 12.8. The summed E-state index contributed by atoms with van der Waals surface area (Å²) >= 11 is 0. The van der Waals surface area contributed by atoms with E-state index in [0.29, 0.717) is 11.4 Å². The monoisotopic (exact) mass is 290 g/mol. The lowest BCUT2D eigenvalue weighted by Crippen LogP contribution is -2.54. The molecule has 4 heteroatoms. The molecule has 3 nitrogen and oxygen atoms in total. The summed E-state index contributed by atoms with van der Waals surface area (Å²) in [4.78, 5) is 0.361. The molecule has 0 aliphatic heterocycles. The van der Waals surface area contributed by atoms with Crippen molar-refractivity contribution in [2.45, 2.75) is 24.0 Å². The van der Waals surface area contributed by atoms with Crippen molar-refractivity contribution >= 4 is 9.84 Å². The molecule has 3 N–H and O–H groups in total. The molecule has 0 heterocycles. The molecule has 2 aromatic rings. The van der Waals surface area contributed by atoms with Gasteiger partial charge in [-0.15, -0.1) is 0 Å². The third kappa shape index (κ3) is 2.76. The SMILES string of the molecule is Cc1ccc(S(=O)(=O)[C@H](C[NH3+])c2ccccc2C)cc1. The third-order valence-electron chi connectivity index (χ3n) is 3.52. The fourth-order valence-corrected chi connectivity index (χ4v) is 4.07. The molecule has 106 valence electrons. The molecule has 0 aliphatic carbocycles. The summed E-state index contributed by atoms with van der Waals surface area (Å²) < 4.78 is 25.6. The van der Waals surface area contributed by atoms with Crippen LogP contribution in [0.25, 0.3) is 0 Å². The van der Waals surface area contributed by atoms with Crippen LogP contribution in [0.15, 0.2) is 53.4 Å². The van der Waals surface area contributed by atoms with Crippen LogP contribution in [-0.4, -0.2) is 15.0 Å². The van der Waals surface area contributed by atoms with Crippen molar-refractivity contribution in [2.24, 2.45) is 0 Å². The van der Waals surface area contributed by atoms with Crippen molar-refractivity contribution in [3.8, 4) is 0 Å². The molecular formula is C16H20NO2S+. The minimum absolute atomic E-state index is 0.320. The van der Waals surface area contributed by atoms with Crippen molar-refractivity contribution in [3.63, 3.8) is 0 Å². The molecule has 0 fully saturated rings. The highest BCUT2D eigenvalue weighted by atomic mass is 32.2. The number of aryl methyl sites for hydroxylation is 2. The van der Waals surface area contributed by atoms with Crippen LogP contribution in [0, 0.1) is 13.8 Å². The van der Waals surface area contributed by atoms with Crippen molar-refractivity contribution < 1.29 is 14.2 Å². The Kier molecular flexibility index (Phi) is 4.26. The summed E-state index contributed by atoms with van der Waals surface area (Å²) in [6.45, 7) is 4.19. The van der Waals surface area contributed by atoms with Crippen LogP contribution in [0.3, 0.4) is 0 Å². The predicted molar refractivity (Wildman–Crippen MR) is 80.0 cm³/mol. The first-order valence-corrected chi connectivity index (χ1v) is 8.17. The molecule has 0 unspecified atom stereocenters. The van der Waals surface area contributed by atoms with Gasteiger partial charge in [-0.1, -0.05) is 42.0 Å². The van der Waals surface area contributed by atoms with Crippen LogP contribution in [0.2, 0.25) is 0 Å². The van der Waals surface area contributed by atoms with Gasteiger partial charge in [-0.2, -0.15) is 0 Å². The molecule has 0 aliphatic rings. The van der Waals surface area contributed by atoms with Gasteiger partial charge in [0.05, 0.1) is 11.4 Å². The minimum Gasteiger partial charge on any atom is -0.356 e. The van der Waals surface area contributed by atoms with Crippen molar-refractivity contribution in [1.82, 2.24) is 0 Å². The van der Waals surface area contributed by atoms with Crippen LogP contribution in [-0.2, 0) is 9.84 Å². The molecule has 2 rings (SSSR count). The van der Waals surface area contributed by atoms with E-state index >= 15 is 0 Å². The molecule has 1 atom stereocenters. The van der Waals surface area contributed by atoms with Gasteiger partial charge in [-0.25, -0.2) is 8.42 Å². The van der Waals surface area contributed by atoms with E-state index in [9.17, 15) is 8.42 Å². The van der Waals surface area contributed by atoms with Gasteiger partial charge in [0.15, 0.2) is 9.84 Å². The summed E-state index contributed by atoms with van der Waals surface area (Å²) in [7, 11) is -3.41. The fourth-order valence-electron chi connectivity index (χ4n) is 2.32. The van der Waals surface area contributed by atoms with Gasteiger partial charge in [-0.05, 0) is 37.1 Å². The lowest BCUT2D eigenvalue weighted by molar-refractivity contribution is -0.367. The Morgan fingerprint density at radius 2 is 1.60 bits per heavy atom. The maximum absolute atomic E-state index is 12.8. The lowest BCUT2D eigenvalue weighted by Gasteiger charge is -2.17. The molecule has 0 aromatic heterocycles. The molecule has 0 saturated heterocycles. The Labute approximate surface area is 120 Å². The average Bonchev–Trinajstić information content (AvgIpc) is 2.42. The van der Waals surface area contributed by atoms with E-state index in [2.05, 4.69) is 5.73 Å². The Hall–Kier alpha value is -1.65. The Morgan fingerprint density at radius 1 is 1.00 bits per heavy atom. The number of hydrogen-bond donors (Lipinski definition) is 1. The van der Waals surface area contributed by atoms with E-state index in [4.69, 9.17) is 0 Å². The average molecular weight is 290 g/mol. The first-order chi connectivity index (χ1) is 9.46. The van der Waals surface area contributed by atoms with E-state index in [-0.39, 0.29) is 0 Å². The zero-order valence-corrected chi connectivity index (χ0v) is 12.7. The first-order valence-electron chi connectivity index (χ1n) is 6.62. The number of sulfone groups is 1. The summed E-state index contributed by atoms with van der Waals surface area (Å²) in [5.74, 6) is 0. The second-order valence-electron chi connectivity index (χ2n) is 4.99. The Balaban J connectivity index is 2.51. The molecule has 0 radical (unpaired) electrons. The summed E-state index contributed by atoms with van der Waals surface area (Å²) in [5, 5.41) is -0.591. The zero-order valence-electron chi connectivity index (χ0n) is 11.8. The van der Waals surface area contributed by atoms with Gasteiger partial charge >= 0.3 is 0 Å². The zero-order chi connectivity index (χ0) is 14.8. The molecule has 0 amide bonds. The quantitative estimate of drug-likeness (QED) is 0.937. The number of quaternary nitrogens is 1. The van der Waals surface area contributed by atoms with Gasteiger partial charge in [0.2, 0.25) is 0 Å². The molecule has 0 spiro atoms. The molecular weight excluding hydrogens is 270 g/mol. The highest BCUT2D eigenvalue weighted by Crippen LogP contribution is 2.29. The Morgan fingerprint density at radius 3 is 2.15 bits per heavy atom. The topological polar surface area (TPSA) is 61.8 Å². The van der Waals surface area contributed by atoms with Crippen LogP contribution in [0.4, 0.5) is 0 Å². The van der Waals surface area contributed by atoms with Crippen LogP contribution in [0.5, 0.6) is 0 Å². The Bertz CT molecular complexity index is 691. The normalized spacial score (nSPS) is 13.2. The minimum atomic E-state index is -3.41. The smallest absolute Gasteiger partial charge is 0.190 e. The first kappa shape index (κ1) is 14.8. The third-order valence-corrected chi connectivity index (χ3v) is 5.69. The fraction of sp³-hybridized carbons (Fsp3) is 0.250. The van der Waals surface area contributed by atoms with Crippen molar-refractivity contribution in [2.75, 3.05) is 6.54 Å². The van der Waals surface area contributed by atoms with Crippen LogP contribution < -0.4 is 5.73 Å². The molecule has 0 bridgehead atoms. The molecule has 0 saturated carbocycles. The lowest BCUT2D eigenvalue weighted by atomic mass is 10.1. The van der Waals surface area contributed by atoms with Gasteiger partial charge in [0.25, 0.3) is 0 Å². The van der Waals surface area contributed by atoms with E-state index in [1.807, 2.05) is 50.2 Å².